The normalized spacial score (nSPS) is 10.5. The number of hydrogen-bond acceptors (Lipinski definition) is 6. The van der Waals surface area contributed by atoms with Gasteiger partial charge >= 0.3 is 11.9 Å². The van der Waals surface area contributed by atoms with Crippen molar-refractivity contribution < 1.29 is 28.2 Å². The maximum absolute atomic E-state index is 12.1. The third-order valence-electron chi connectivity index (χ3n) is 3.64. The van der Waals surface area contributed by atoms with Gasteiger partial charge in [0.05, 0.1) is 12.2 Å². The number of esters is 2. The Balaban J connectivity index is 1.70. The van der Waals surface area contributed by atoms with Gasteiger partial charge in [0.15, 0.2) is 6.61 Å². The van der Waals surface area contributed by atoms with E-state index in [1.54, 1.807) is 37.3 Å². The van der Waals surface area contributed by atoms with Gasteiger partial charge in [-0.1, -0.05) is 36.4 Å². The molecule has 0 saturated heterocycles. The van der Waals surface area contributed by atoms with Gasteiger partial charge in [-0.25, -0.2) is 9.59 Å². The second-order valence-electron chi connectivity index (χ2n) is 5.39. The molecule has 0 unspecified atom stereocenters. The Kier molecular flexibility index (Phi) is 5.53. The molecule has 0 radical (unpaired) electrons. The highest BCUT2D eigenvalue weighted by atomic mass is 16.6. The van der Waals surface area contributed by atoms with E-state index >= 15 is 0 Å². The van der Waals surface area contributed by atoms with Gasteiger partial charge in [-0.05, 0) is 25.1 Å². The van der Waals surface area contributed by atoms with Gasteiger partial charge in [-0.2, -0.15) is 0 Å². The van der Waals surface area contributed by atoms with E-state index in [-0.39, 0.29) is 25.6 Å². The van der Waals surface area contributed by atoms with Crippen LogP contribution in [0.1, 0.15) is 23.0 Å². The smallest absolute Gasteiger partial charge is 0.374 e. The Morgan fingerprint density at radius 1 is 0.962 bits per heavy atom. The molecule has 1 aromatic heterocycles. The fourth-order valence-corrected chi connectivity index (χ4v) is 2.46. The van der Waals surface area contributed by atoms with Gasteiger partial charge in [0.1, 0.15) is 17.9 Å². The van der Waals surface area contributed by atoms with Gasteiger partial charge < -0.3 is 18.6 Å². The van der Waals surface area contributed by atoms with Crippen LogP contribution in [0.15, 0.2) is 59.0 Å². The molecule has 0 bridgehead atoms. The zero-order chi connectivity index (χ0) is 18.4. The molecule has 0 fully saturated rings. The highest BCUT2D eigenvalue weighted by Crippen LogP contribution is 2.27. The monoisotopic (exact) mass is 354 g/mol. The maximum Gasteiger partial charge on any atom is 0.374 e. The minimum Gasteiger partial charge on any atom is -0.482 e. The summed E-state index contributed by atoms with van der Waals surface area (Å²) >= 11 is 0. The van der Waals surface area contributed by atoms with Gasteiger partial charge in [0, 0.05) is 5.39 Å². The molecule has 0 aliphatic rings. The van der Waals surface area contributed by atoms with Crippen molar-refractivity contribution in [3.05, 3.63) is 65.9 Å². The van der Waals surface area contributed by atoms with E-state index in [0.717, 1.165) is 0 Å². The van der Waals surface area contributed by atoms with Crippen LogP contribution in [0.2, 0.25) is 0 Å². The molecule has 0 spiro atoms. The molecule has 26 heavy (non-hydrogen) atoms. The number of furan rings is 1. The zero-order valence-corrected chi connectivity index (χ0v) is 14.3. The summed E-state index contributed by atoms with van der Waals surface area (Å²) < 4.78 is 21.2. The summed E-state index contributed by atoms with van der Waals surface area (Å²) in [5, 5.41) is 0.701. The van der Waals surface area contributed by atoms with Crippen LogP contribution in [0.25, 0.3) is 11.0 Å². The second kappa shape index (κ2) is 8.20. The third-order valence-corrected chi connectivity index (χ3v) is 3.64. The van der Waals surface area contributed by atoms with Crippen LogP contribution in [0.3, 0.4) is 0 Å². The number of ether oxygens (including phenoxy) is 3. The zero-order valence-electron chi connectivity index (χ0n) is 14.3. The summed E-state index contributed by atoms with van der Waals surface area (Å²) in [4.78, 5) is 24.1. The molecule has 0 aliphatic carbocycles. The van der Waals surface area contributed by atoms with Gasteiger partial charge in [0.2, 0.25) is 5.76 Å². The van der Waals surface area contributed by atoms with Gasteiger partial charge in [-0.15, -0.1) is 0 Å². The van der Waals surface area contributed by atoms with Crippen LogP contribution in [-0.2, 0) is 20.9 Å². The predicted octanol–water partition coefficient (Wildman–Crippen LogP) is 3.73. The van der Waals surface area contributed by atoms with Crippen molar-refractivity contribution in [3.63, 3.8) is 0 Å². The van der Waals surface area contributed by atoms with Crippen molar-refractivity contribution in [2.45, 2.75) is 13.5 Å². The lowest BCUT2D eigenvalue weighted by Gasteiger charge is -2.07. The first-order valence-corrected chi connectivity index (χ1v) is 8.20. The van der Waals surface area contributed by atoms with E-state index in [1.807, 2.05) is 24.3 Å². The first kappa shape index (κ1) is 17.5. The molecular formula is C20H18O6. The number of carbonyl (C=O) groups excluding carboxylic acids is 2. The molecule has 0 N–H and O–H groups in total. The molecule has 134 valence electrons. The first-order valence-electron chi connectivity index (χ1n) is 8.20. The summed E-state index contributed by atoms with van der Waals surface area (Å²) in [6, 6.07) is 16.1. The Morgan fingerprint density at radius 2 is 1.69 bits per heavy atom. The van der Waals surface area contributed by atoms with Crippen LogP contribution in [0, 0.1) is 0 Å². The number of para-hydroxylation sites is 2. The number of hydrogen-bond donors (Lipinski definition) is 0. The van der Waals surface area contributed by atoms with E-state index in [4.69, 9.17) is 18.6 Å². The molecule has 0 saturated carbocycles. The SMILES string of the molecule is CCOC(=O)c1oc2ccccc2c1COC(=O)COc1ccccc1. The van der Waals surface area contributed by atoms with Crippen molar-refractivity contribution in [3.8, 4) is 5.75 Å². The molecular weight excluding hydrogens is 336 g/mol. The van der Waals surface area contributed by atoms with Crippen molar-refractivity contribution in [1.29, 1.82) is 0 Å². The summed E-state index contributed by atoms with van der Waals surface area (Å²) in [5.41, 5.74) is 1.01. The highest BCUT2D eigenvalue weighted by Gasteiger charge is 2.22. The van der Waals surface area contributed by atoms with E-state index in [0.29, 0.717) is 22.3 Å². The van der Waals surface area contributed by atoms with Crippen molar-refractivity contribution in [1.82, 2.24) is 0 Å². The van der Waals surface area contributed by atoms with E-state index in [2.05, 4.69) is 0 Å². The van der Waals surface area contributed by atoms with E-state index in [1.165, 1.54) is 0 Å². The standard InChI is InChI=1S/C20H18O6/c1-2-23-20(22)19-16(15-10-6-7-11-17(15)26-19)12-25-18(21)13-24-14-8-4-3-5-9-14/h3-11H,2,12-13H2,1H3. The van der Waals surface area contributed by atoms with E-state index in [9.17, 15) is 9.59 Å². The summed E-state index contributed by atoms with van der Waals surface area (Å²) in [5.74, 6) is -0.514. The summed E-state index contributed by atoms with van der Waals surface area (Å²) in [7, 11) is 0. The maximum atomic E-state index is 12.1. The van der Waals surface area contributed by atoms with Crippen LogP contribution in [0.5, 0.6) is 5.75 Å². The molecule has 3 aromatic rings. The minimum atomic E-state index is -0.588. The lowest BCUT2D eigenvalue weighted by molar-refractivity contribution is -0.147. The first-order chi connectivity index (χ1) is 12.7. The average Bonchev–Trinajstić information content (AvgIpc) is 3.04. The number of carbonyl (C=O) groups is 2. The quantitative estimate of drug-likeness (QED) is 0.602. The van der Waals surface area contributed by atoms with Gasteiger partial charge in [0.25, 0.3) is 0 Å². The highest BCUT2D eigenvalue weighted by molar-refractivity contribution is 5.96. The molecule has 0 amide bonds. The largest absolute Gasteiger partial charge is 0.482 e. The molecule has 6 nitrogen and oxygen atoms in total. The topological polar surface area (TPSA) is 75.0 Å². The number of fused-ring (bicyclic) bond motifs is 1. The fourth-order valence-electron chi connectivity index (χ4n) is 2.46. The molecule has 0 atom stereocenters. The second-order valence-corrected chi connectivity index (χ2v) is 5.39. The predicted molar refractivity (Wildman–Crippen MR) is 93.9 cm³/mol. The Bertz CT molecular complexity index is 897. The minimum absolute atomic E-state index is 0.0461. The Hall–Kier alpha value is -3.28. The lowest BCUT2D eigenvalue weighted by Crippen LogP contribution is -2.15. The van der Waals surface area contributed by atoms with Crippen LogP contribution < -0.4 is 4.74 Å². The van der Waals surface area contributed by atoms with Crippen LogP contribution in [0.4, 0.5) is 0 Å². The molecule has 6 heteroatoms. The third kappa shape index (κ3) is 4.03. The number of benzene rings is 2. The van der Waals surface area contributed by atoms with Crippen molar-refractivity contribution in [2.24, 2.45) is 0 Å². The fraction of sp³-hybridized carbons (Fsp3) is 0.200. The molecule has 1 heterocycles. The van der Waals surface area contributed by atoms with Crippen LogP contribution in [-0.4, -0.2) is 25.2 Å². The molecule has 0 aliphatic heterocycles. The number of rotatable bonds is 7. The molecule has 3 rings (SSSR count). The summed E-state index contributed by atoms with van der Waals surface area (Å²) in [6.07, 6.45) is 0. The summed E-state index contributed by atoms with van der Waals surface area (Å²) in [6.45, 7) is 1.60. The molecule has 2 aromatic carbocycles. The lowest BCUT2D eigenvalue weighted by atomic mass is 10.1. The Labute approximate surface area is 150 Å². The average molecular weight is 354 g/mol. The Morgan fingerprint density at radius 3 is 2.46 bits per heavy atom. The van der Waals surface area contributed by atoms with Gasteiger partial charge in [-0.3, -0.25) is 0 Å². The van der Waals surface area contributed by atoms with E-state index < -0.39 is 11.9 Å². The van der Waals surface area contributed by atoms with Crippen molar-refractivity contribution in [2.75, 3.05) is 13.2 Å². The van der Waals surface area contributed by atoms with Crippen LogP contribution >= 0.6 is 0 Å². The van der Waals surface area contributed by atoms with Crippen molar-refractivity contribution >= 4 is 22.9 Å².